The van der Waals surface area contributed by atoms with Crippen LogP contribution >= 0.6 is 0 Å². The molecule has 0 bridgehead atoms. The van der Waals surface area contributed by atoms with Crippen molar-refractivity contribution in [2.75, 3.05) is 19.7 Å². The number of nitrogens with zero attached hydrogens (tertiary/aromatic N) is 1. The fourth-order valence-electron chi connectivity index (χ4n) is 3.01. The van der Waals surface area contributed by atoms with Gasteiger partial charge in [-0.3, -0.25) is 4.79 Å². The molecule has 0 radical (unpaired) electrons. The molecule has 21 heavy (non-hydrogen) atoms. The number of halogens is 1. The molecule has 1 aromatic rings. The number of nitrogens with two attached hydrogens (primary N) is 1. The average Bonchev–Trinajstić information content (AvgIpc) is 2.86. The van der Waals surface area contributed by atoms with Crippen LogP contribution in [0.4, 0.5) is 4.39 Å². The number of rotatable bonds is 5. The SMILES string of the molecule is C[C@@H]1CCN(C(=O)C[C@H](CN)CO)[C@H]1c1cccc(F)c1. The Bertz CT molecular complexity index is 491. The smallest absolute Gasteiger partial charge is 0.223 e. The minimum absolute atomic E-state index is 0.0156. The molecule has 1 fully saturated rings. The normalized spacial score (nSPS) is 23.3. The van der Waals surface area contributed by atoms with E-state index in [1.807, 2.05) is 6.07 Å². The van der Waals surface area contributed by atoms with Crippen molar-refractivity contribution < 1.29 is 14.3 Å². The first kappa shape index (κ1) is 15.9. The van der Waals surface area contributed by atoms with Crippen molar-refractivity contribution in [2.24, 2.45) is 17.6 Å². The molecule has 0 spiro atoms. The summed E-state index contributed by atoms with van der Waals surface area (Å²) >= 11 is 0. The molecule has 0 aromatic heterocycles. The van der Waals surface area contributed by atoms with Crippen molar-refractivity contribution in [1.82, 2.24) is 4.90 Å². The highest BCUT2D eigenvalue weighted by atomic mass is 19.1. The van der Waals surface area contributed by atoms with Crippen molar-refractivity contribution in [3.8, 4) is 0 Å². The first-order valence-corrected chi connectivity index (χ1v) is 7.42. The third-order valence-corrected chi connectivity index (χ3v) is 4.27. The minimum Gasteiger partial charge on any atom is -0.396 e. The second-order valence-corrected chi connectivity index (χ2v) is 5.84. The molecule has 0 unspecified atom stereocenters. The van der Waals surface area contributed by atoms with Crippen molar-refractivity contribution in [2.45, 2.75) is 25.8 Å². The van der Waals surface area contributed by atoms with Gasteiger partial charge in [-0.2, -0.15) is 0 Å². The molecule has 1 aliphatic rings. The number of hydrogen-bond donors (Lipinski definition) is 2. The summed E-state index contributed by atoms with van der Waals surface area (Å²) in [6.45, 7) is 2.95. The Morgan fingerprint density at radius 2 is 2.33 bits per heavy atom. The Morgan fingerprint density at radius 3 is 2.95 bits per heavy atom. The number of benzene rings is 1. The van der Waals surface area contributed by atoms with E-state index >= 15 is 0 Å². The molecule has 1 aliphatic heterocycles. The third kappa shape index (κ3) is 3.60. The van der Waals surface area contributed by atoms with Crippen molar-refractivity contribution in [3.05, 3.63) is 35.6 Å². The predicted molar refractivity (Wildman–Crippen MR) is 78.9 cm³/mol. The van der Waals surface area contributed by atoms with Gasteiger partial charge in [-0.1, -0.05) is 19.1 Å². The second kappa shape index (κ2) is 7.00. The quantitative estimate of drug-likeness (QED) is 0.868. The number of hydrogen-bond acceptors (Lipinski definition) is 3. The van der Waals surface area contributed by atoms with Gasteiger partial charge in [0.1, 0.15) is 5.82 Å². The van der Waals surface area contributed by atoms with Gasteiger partial charge in [0.2, 0.25) is 5.91 Å². The van der Waals surface area contributed by atoms with E-state index in [1.54, 1.807) is 11.0 Å². The van der Waals surface area contributed by atoms with Crippen LogP contribution in [0.3, 0.4) is 0 Å². The summed E-state index contributed by atoms with van der Waals surface area (Å²) in [5.74, 6) is -0.213. The van der Waals surface area contributed by atoms with Crippen LogP contribution in [0.2, 0.25) is 0 Å². The number of carbonyl (C=O) groups excluding carboxylic acids is 1. The van der Waals surface area contributed by atoms with Crippen LogP contribution in [-0.2, 0) is 4.79 Å². The van der Waals surface area contributed by atoms with Gasteiger partial charge >= 0.3 is 0 Å². The van der Waals surface area contributed by atoms with Crippen LogP contribution in [0, 0.1) is 17.7 Å². The topological polar surface area (TPSA) is 66.6 Å². The van der Waals surface area contributed by atoms with Gasteiger partial charge in [-0.25, -0.2) is 4.39 Å². The van der Waals surface area contributed by atoms with E-state index in [1.165, 1.54) is 12.1 Å². The van der Waals surface area contributed by atoms with Crippen LogP contribution in [0.15, 0.2) is 24.3 Å². The molecule has 116 valence electrons. The summed E-state index contributed by atoms with van der Waals surface area (Å²) in [6.07, 6.45) is 1.14. The molecule has 3 N–H and O–H groups in total. The van der Waals surface area contributed by atoms with E-state index in [0.29, 0.717) is 12.5 Å². The monoisotopic (exact) mass is 294 g/mol. The zero-order valence-corrected chi connectivity index (χ0v) is 12.3. The lowest BCUT2D eigenvalue weighted by Gasteiger charge is -2.28. The Labute approximate surface area is 124 Å². The lowest BCUT2D eigenvalue weighted by atomic mass is 9.95. The maximum absolute atomic E-state index is 13.4. The number of aliphatic hydroxyl groups excluding tert-OH is 1. The fraction of sp³-hybridized carbons (Fsp3) is 0.562. The van der Waals surface area contributed by atoms with Gasteiger partial charge in [0.05, 0.1) is 6.04 Å². The second-order valence-electron chi connectivity index (χ2n) is 5.84. The van der Waals surface area contributed by atoms with Gasteiger partial charge in [-0.05, 0) is 36.6 Å². The summed E-state index contributed by atoms with van der Waals surface area (Å²) in [6, 6.07) is 6.35. The summed E-state index contributed by atoms with van der Waals surface area (Å²) in [7, 11) is 0. The van der Waals surface area contributed by atoms with Gasteiger partial charge in [0, 0.05) is 25.5 Å². The van der Waals surface area contributed by atoms with Crippen LogP contribution in [0.5, 0.6) is 0 Å². The molecule has 0 aliphatic carbocycles. The van der Waals surface area contributed by atoms with Crippen LogP contribution in [-0.4, -0.2) is 35.6 Å². The number of likely N-dealkylation sites (tertiary alicyclic amines) is 1. The number of carbonyl (C=O) groups is 1. The standard InChI is InChI=1S/C16H23FN2O2/c1-11-5-6-19(15(21)7-12(9-18)10-20)16(11)13-3-2-4-14(17)8-13/h2-4,8,11-12,16,20H,5-7,9-10,18H2,1H3/t11-,12-,16-/m1/s1. The Kier molecular flexibility index (Phi) is 5.31. The molecule has 1 amide bonds. The highest BCUT2D eigenvalue weighted by Gasteiger charge is 2.35. The van der Waals surface area contributed by atoms with E-state index in [2.05, 4.69) is 6.92 Å². The van der Waals surface area contributed by atoms with E-state index in [0.717, 1.165) is 12.0 Å². The molecule has 0 saturated carbocycles. The van der Waals surface area contributed by atoms with Gasteiger partial charge < -0.3 is 15.7 Å². The predicted octanol–water partition coefficient (Wildman–Crippen LogP) is 1.69. The van der Waals surface area contributed by atoms with E-state index < -0.39 is 0 Å². The third-order valence-electron chi connectivity index (χ3n) is 4.27. The molecule has 3 atom stereocenters. The Balaban J connectivity index is 2.16. The summed E-state index contributed by atoms with van der Waals surface area (Å²) < 4.78 is 13.4. The zero-order chi connectivity index (χ0) is 15.4. The lowest BCUT2D eigenvalue weighted by molar-refractivity contribution is -0.133. The molecular formula is C16H23FN2O2. The lowest BCUT2D eigenvalue weighted by Crippen LogP contribution is -2.35. The molecule has 4 nitrogen and oxygen atoms in total. The minimum atomic E-state index is -0.283. The van der Waals surface area contributed by atoms with Crippen LogP contribution in [0.25, 0.3) is 0 Å². The first-order valence-electron chi connectivity index (χ1n) is 7.42. The molecule has 5 heteroatoms. The highest BCUT2D eigenvalue weighted by Crippen LogP contribution is 2.37. The maximum atomic E-state index is 13.4. The zero-order valence-electron chi connectivity index (χ0n) is 12.3. The van der Waals surface area contributed by atoms with Crippen LogP contribution in [0.1, 0.15) is 31.4 Å². The molecule has 1 heterocycles. The van der Waals surface area contributed by atoms with Crippen molar-refractivity contribution in [1.29, 1.82) is 0 Å². The summed E-state index contributed by atoms with van der Waals surface area (Å²) in [5.41, 5.74) is 6.38. The first-order chi connectivity index (χ1) is 10.1. The maximum Gasteiger partial charge on any atom is 0.223 e. The van der Waals surface area contributed by atoms with Crippen molar-refractivity contribution >= 4 is 5.91 Å². The Morgan fingerprint density at radius 1 is 1.57 bits per heavy atom. The van der Waals surface area contributed by atoms with Gasteiger partial charge in [0.25, 0.3) is 0 Å². The van der Waals surface area contributed by atoms with Gasteiger partial charge in [0.15, 0.2) is 0 Å². The molecule has 2 rings (SSSR count). The summed E-state index contributed by atoms with van der Waals surface area (Å²) in [5, 5.41) is 9.19. The molecular weight excluding hydrogens is 271 g/mol. The van der Waals surface area contributed by atoms with Crippen molar-refractivity contribution in [3.63, 3.8) is 0 Å². The number of amides is 1. The fourth-order valence-corrected chi connectivity index (χ4v) is 3.01. The van der Waals surface area contributed by atoms with Gasteiger partial charge in [-0.15, -0.1) is 0 Å². The number of aliphatic hydroxyl groups is 1. The summed E-state index contributed by atoms with van der Waals surface area (Å²) in [4.78, 5) is 14.3. The largest absolute Gasteiger partial charge is 0.396 e. The Hall–Kier alpha value is -1.46. The van der Waals surface area contributed by atoms with E-state index in [9.17, 15) is 14.3 Å². The molecule has 1 aromatic carbocycles. The van der Waals surface area contributed by atoms with E-state index in [-0.39, 0.29) is 43.3 Å². The average molecular weight is 294 g/mol. The van der Waals surface area contributed by atoms with Crippen LogP contribution < -0.4 is 5.73 Å². The highest BCUT2D eigenvalue weighted by molar-refractivity contribution is 5.77. The van der Waals surface area contributed by atoms with E-state index in [4.69, 9.17) is 5.73 Å². The molecule has 1 saturated heterocycles.